The molecule has 0 unspecified atom stereocenters. The summed E-state index contributed by atoms with van der Waals surface area (Å²) in [7, 11) is 8.49. The number of amides is 1. The van der Waals surface area contributed by atoms with Crippen molar-refractivity contribution in [3.8, 4) is 0 Å². The van der Waals surface area contributed by atoms with E-state index in [-0.39, 0.29) is 0 Å². The summed E-state index contributed by atoms with van der Waals surface area (Å²) in [5.74, 6) is 1.43. The zero-order valence-electron chi connectivity index (χ0n) is 16.0. The summed E-state index contributed by atoms with van der Waals surface area (Å²) in [6.45, 7) is 3.90. The van der Waals surface area contributed by atoms with Crippen LogP contribution in [0.3, 0.4) is 0 Å². The third-order valence-corrected chi connectivity index (χ3v) is 5.34. The summed E-state index contributed by atoms with van der Waals surface area (Å²) in [6.07, 6.45) is 3.70. The van der Waals surface area contributed by atoms with E-state index in [0.717, 1.165) is 32.6 Å². The van der Waals surface area contributed by atoms with Crippen molar-refractivity contribution < 1.29 is 4.79 Å². The summed E-state index contributed by atoms with van der Waals surface area (Å²) in [4.78, 5) is 19.5. The molecule has 0 N–H and O–H groups in total. The van der Waals surface area contributed by atoms with Crippen LogP contribution in [0, 0.1) is 11.8 Å². The predicted molar refractivity (Wildman–Crippen MR) is 103 cm³/mol. The van der Waals surface area contributed by atoms with Crippen LogP contribution in [0.15, 0.2) is 29.8 Å². The zero-order valence-corrected chi connectivity index (χ0v) is 16.0. The molecule has 3 rings (SSSR count). The van der Waals surface area contributed by atoms with Crippen molar-refractivity contribution in [1.29, 1.82) is 0 Å². The molecule has 4 heteroatoms. The maximum Gasteiger partial charge on any atom is 0.226 e. The van der Waals surface area contributed by atoms with Gasteiger partial charge in [0.15, 0.2) is 0 Å². The monoisotopic (exact) mass is 341 g/mol. The second-order valence-electron chi connectivity index (χ2n) is 8.20. The number of hydrogen-bond donors (Lipinski definition) is 0. The number of carbonyl (C=O) groups excluding carboxylic acids is 1. The molecule has 2 aliphatic rings. The standard InChI is InChI=1S/C21H31N3O/c1-22(2)12-19-14-24(15-20(19)13-23(3)4)21(25)11-16-9-17-7-5-6-8-18(17)10-16/h5-9,19-20H,10-15H2,1-4H3/t19-,20-/m1/s1. The summed E-state index contributed by atoms with van der Waals surface area (Å²) < 4.78 is 0. The average Bonchev–Trinajstić information content (AvgIpc) is 3.10. The van der Waals surface area contributed by atoms with Crippen molar-refractivity contribution in [2.24, 2.45) is 11.8 Å². The molecule has 4 nitrogen and oxygen atoms in total. The Bertz CT molecular complexity index is 632. The Balaban J connectivity index is 1.61. The second-order valence-corrected chi connectivity index (χ2v) is 8.20. The van der Waals surface area contributed by atoms with Gasteiger partial charge in [0.25, 0.3) is 0 Å². The molecule has 0 radical (unpaired) electrons. The van der Waals surface area contributed by atoms with Crippen molar-refractivity contribution in [3.05, 3.63) is 41.0 Å². The average molecular weight is 341 g/mol. The van der Waals surface area contributed by atoms with Gasteiger partial charge in [-0.25, -0.2) is 0 Å². The van der Waals surface area contributed by atoms with Crippen LogP contribution in [0.1, 0.15) is 17.5 Å². The number of benzene rings is 1. The van der Waals surface area contributed by atoms with Gasteiger partial charge in [0.2, 0.25) is 5.91 Å². The van der Waals surface area contributed by atoms with E-state index in [1.807, 2.05) is 0 Å². The molecule has 0 saturated carbocycles. The van der Waals surface area contributed by atoms with E-state index < -0.39 is 0 Å². The van der Waals surface area contributed by atoms with Gasteiger partial charge in [-0.05, 0) is 57.6 Å². The molecular formula is C21H31N3O. The number of fused-ring (bicyclic) bond motifs is 1. The topological polar surface area (TPSA) is 26.8 Å². The molecule has 1 heterocycles. The smallest absolute Gasteiger partial charge is 0.226 e. The summed E-state index contributed by atoms with van der Waals surface area (Å²) >= 11 is 0. The first-order valence-corrected chi connectivity index (χ1v) is 9.27. The molecule has 2 atom stereocenters. The van der Waals surface area contributed by atoms with Crippen LogP contribution in [0.5, 0.6) is 0 Å². The van der Waals surface area contributed by atoms with Gasteiger partial charge in [-0.2, -0.15) is 0 Å². The zero-order chi connectivity index (χ0) is 18.0. The van der Waals surface area contributed by atoms with Gasteiger partial charge in [-0.1, -0.05) is 35.9 Å². The first-order chi connectivity index (χ1) is 11.9. The minimum atomic E-state index is 0.295. The van der Waals surface area contributed by atoms with Gasteiger partial charge >= 0.3 is 0 Å². The van der Waals surface area contributed by atoms with Gasteiger partial charge in [0.05, 0.1) is 0 Å². The number of hydrogen-bond acceptors (Lipinski definition) is 3. The van der Waals surface area contributed by atoms with E-state index in [0.29, 0.717) is 24.2 Å². The van der Waals surface area contributed by atoms with Crippen LogP contribution < -0.4 is 0 Å². The molecule has 136 valence electrons. The Morgan fingerprint density at radius 3 is 2.20 bits per heavy atom. The van der Waals surface area contributed by atoms with E-state index in [9.17, 15) is 4.79 Å². The highest BCUT2D eigenvalue weighted by molar-refractivity contribution is 5.82. The van der Waals surface area contributed by atoms with Gasteiger partial charge in [-0.3, -0.25) is 4.79 Å². The molecule has 1 saturated heterocycles. The third-order valence-electron chi connectivity index (χ3n) is 5.34. The number of carbonyl (C=O) groups is 1. The van der Waals surface area contributed by atoms with E-state index >= 15 is 0 Å². The maximum absolute atomic E-state index is 12.9. The van der Waals surface area contributed by atoms with Crippen molar-refractivity contribution in [1.82, 2.24) is 14.7 Å². The molecule has 1 aromatic rings. The second kappa shape index (κ2) is 7.71. The van der Waals surface area contributed by atoms with Crippen molar-refractivity contribution >= 4 is 12.0 Å². The lowest BCUT2D eigenvalue weighted by Gasteiger charge is -2.24. The van der Waals surface area contributed by atoms with Crippen molar-refractivity contribution in [3.63, 3.8) is 0 Å². The summed E-state index contributed by atoms with van der Waals surface area (Å²) in [5.41, 5.74) is 3.89. The number of likely N-dealkylation sites (tertiary alicyclic amines) is 1. The highest BCUT2D eigenvalue weighted by Gasteiger charge is 2.35. The highest BCUT2D eigenvalue weighted by atomic mass is 16.2. The molecule has 1 aliphatic heterocycles. The Hall–Kier alpha value is -1.65. The highest BCUT2D eigenvalue weighted by Crippen LogP contribution is 2.29. The van der Waals surface area contributed by atoms with Crippen LogP contribution in [0.4, 0.5) is 0 Å². The van der Waals surface area contributed by atoms with Gasteiger partial charge in [0.1, 0.15) is 0 Å². The summed E-state index contributed by atoms with van der Waals surface area (Å²) in [5, 5.41) is 0. The van der Waals surface area contributed by atoms with Crippen LogP contribution in [-0.2, 0) is 11.2 Å². The Morgan fingerprint density at radius 2 is 1.64 bits per heavy atom. The Kier molecular flexibility index (Phi) is 5.60. The largest absolute Gasteiger partial charge is 0.342 e. The minimum Gasteiger partial charge on any atom is -0.342 e. The first-order valence-electron chi connectivity index (χ1n) is 9.27. The molecule has 25 heavy (non-hydrogen) atoms. The van der Waals surface area contributed by atoms with Crippen LogP contribution in [-0.4, -0.2) is 75.0 Å². The molecule has 0 bridgehead atoms. The van der Waals surface area contributed by atoms with Crippen molar-refractivity contribution in [2.45, 2.75) is 12.8 Å². The van der Waals surface area contributed by atoms with E-state index in [4.69, 9.17) is 0 Å². The van der Waals surface area contributed by atoms with Gasteiger partial charge in [0, 0.05) is 32.6 Å². The third kappa shape index (κ3) is 4.50. The fourth-order valence-electron chi connectivity index (χ4n) is 4.27. The fourth-order valence-corrected chi connectivity index (χ4v) is 4.27. The normalized spacial score (nSPS) is 22.6. The Morgan fingerprint density at radius 1 is 1.04 bits per heavy atom. The fraction of sp³-hybridized carbons (Fsp3) is 0.571. The predicted octanol–water partition coefficient (Wildman–Crippen LogP) is 2.21. The lowest BCUT2D eigenvalue weighted by Crippen LogP contribution is -2.32. The van der Waals surface area contributed by atoms with Crippen molar-refractivity contribution in [2.75, 3.05) is 54.4 Å². The quantitative estimate of drug-likeness (QED) is 0.794. The van der Waals surface area contributed by atoms with E-state index in [2.05, 4.69) is 73.2 Å². The van der Waals surface area contributed by atoms with E-state index in [1.54, 1.807) is 0 Å². The minimum absolute atomic E-state index is 0.295. The molecule has 1 aromatic carbocycles. The number of nitrogens with zero attached hydrogens (tertiary/aromatic N) is 3. The lowest BCUT2D eigenvalue weighted by molar-refractivity contribution is -0.129. The lowest BCUT2D eigenvalue weighted by atomic mass is 9.95. The molecule has 1 aliphatic carbocycles. The summed E-state index contributed by atoms with van der Waals surface area (Å²) in [6, 6.07) is 8.45. The van der Waals surface area contributed by atoms with Crippen LogP contribution in [0.25, 0.3) is 6.08 Å². The van der Waals surface area contributed by atoms with Crippen LogP contribution in [0.2, 0.25) is 0 Å². The Labute approximate surface area is 152 Å². The van der Waals surface area contributed by atoms with Gasteiger partial charge < -0.3 is 14.7 Å². The first kappa shape index (κ1) is 18.2. The molecule has 1 fully saturated rings. The van der Waals surface area contributed by atoms with Crippen LogP contribution >= 0.6 is 0 Å². The number of rotatable bonds is 6. The molecule has 0 spiro atoms. The maximum atomic E-state index is 12.9. The van der Waals surface area contributed by atoms with Gasteiger partial charge in [-0.15, -0.1) is 0 Å². The van der Waals surface area contributed by atoms with E-state index in [1.165, 1.54) is 16.7 Å². The SMILES string of the molecule is CN(C)C[C@@H]1CN(C(=O)CC2=Cc3ccccc3C2)C[C@H]1CN(C)C. The molecule has 0 aromatic heterocycles. The molecule has 1 amide bonds. The molecular weight excluding hydrogens is 310 g/mol.